The summed E-state index contributed by atoms with van der Waals surface area (Å²) in [5, 5.41) is 2.63. The third-order valence-corrected chi connectivity index (χ3v) is 3.00. The van der Waals surface area contributed by atoms with Crippen LogP contribution in [0.15, 0.2) is 16.6 Å². The van der Waals surface area contributed by atoms with Crippen LogP contribution in [0.1, 0.15) is 12.0 Å². The zero-order valence-electron chi connectivity index (χ0n) is 10.4. The molecule has 1 rings (SSSR count). The first kappa shape index (κ1) is 15.8. The molecule has 1 aromatic carbocycles. The summed E-state index contributed by atoms with van der Waals surface area (Å²) < 4.78 is 28.9. The van der Waals surface area contributed by atoms with Gasteiger partial charge < -0.3 is 15.8 Å². The maximum atomic E-state index is 11.8. The molecule has 0 bridgehead atoms. The van der Waals surface area contributed by atoms with Crippen LogP contribution in [-0.4, -0.2) is 25.5 Å². The van der Waals surface area contributed by atoms with Crippen LogP contribution < -0.4 is 11.1 Å². The molecule has 0 fully saturated rings. The monoisotopic (exact) mass is 336 g/mol. The minimum absolute atomic E-state index is 0.00689. The molecule has 0 heterocycles. The van der Waals surface area contributed by atoms with Gasteiger partial charge in [-0.25, -0.2) is 8.78 Å². The number of benzene rings is 1. The summed E-state index contributed by atoms with van der Waals surface area (Å²) in [6.45, 7) is 1.15. The van der Waals surface area contributed by atoms with Gasteiger partial charge in [-0.2, -0.15) is 0 Å². The van der Waals surface area contributed by atoms with Gasteiger partial charge in [0.2, 0.25) is 5.91 Å². The highest BCUT2D eigenvalue weighted by molar-refractivity contribution is 9.10. The second-order valence-corrected chi connectivity index (χ2v) is 4.81. The molecule has 0 unspecified atom stereocenters. The Hall–Kier alpha value is -1.21. The zero-order chi connectivity index (χ0) is 14.4. The molecule has 0 aliphatic rings. The van der Waals surface area contributed by atoms with Gasteiger partial charge in [0.05, 0.1) is 18.7 Å². The van der Waals surface area contributed by atoms with Crippen LogP contribution in [-0.2, 0) is 9.53 Å². The third-order valence-electron chi connectivity index (χ3n) is 2.35. The number of nitrogens with two attached hydrogens (primary N) is 1. The Morgan fingerprint density at radius 3 is 2.84 bits per heavy atom. The van der Waals surface area contributed by atoms with Crippen molar-refractivity contribution in [3.05, 3.63) is 22.2 Å². The normalized spacial score (nSPS) is 10.8. The van der Waals surface area contributed by atoms with Gasteiger partial charge >= 0.3 is 0 Å². The van der Waals surface area contributed by atoms with Crippen LogP contribution in [0, 0.1) is 6.92 Å². The molecular formula is C12H15BrF2N2O2. The molecule has 19 heavy (non-hydrogen) atoms. The second-order valence-electron chi connectivity index (χ2n) is 3.95. The van der Waals surface area contributed by atoms with Crippen LogP contribution in [0.25, 0.3) is 0 Å². The van der Waals surface area contributed by atoms with E-state index in [0.29, 0.717) is 15.8 Å². The van der Waals surface area contributed by atoms with Crippen LogP contribution >= 0.6 is 15.9 Å². The predicted molar refractivity (Wildman–Crippen MR) is 73.4 cm³/mol. The fraction of sp³-hybridized carbons (Fsp3) is 0.417. The third kappa shape index (κ3) is 5.52. The smallest absolute Gasteiger partial charge is 0.261 e. The minimum Gasteiger partial charge on any atom is -0.398 e. The van der Waals surface area contributed by atoms with Gasteiger partial charge in [-0.3, -0.25) is 4.79 Å². The Bertz CT molecular complexity index is 456. The largest absolute Gasteiger partial charge is 0.398 e. The number of amides is 1. The highest BCUT2D eigenvalue weighted by Crippen LogP contribution is 2.27. The van der Waals surface area contributed by atoms with Gasteiger partial charge in [-0.15, -0.1) is 0 Å². The van der Waals surface area contributed by atoms with Crippen molar-refractivity contribution in [2.75, 3.05) is 24.3 Å². The number of carbonyl (C=O) groups is 1. The quantitative estimate of drug-likeness (QED) is 0.620. The number of alkyl halides is 2. The van der Waals surface area contributed by atoms with Gasteiger partial charge in [0.15, 0.2) is 0 Å². The number of nitrogen functional groups attached to an aromatic ring is 1. The van der Waals surface area contributed by atoms with Crippen molar-refractivity contribution in [3.8, 4) is 0 Å². The molecule has 0 saturated carbocycles. The molecule has 0 saturated heterocycles. The topological polar surface area (TPSA) is 64.3 Å². The Morgan fingerprint density at radius 2 is 2.21 bits per heavy atom. The molecule has 0 atom stereocenters. The fourth-order valence-electron chi connectivity index (χ4n) is 1.34. The van der Waals surface area contributed by atoms with Gasteiger partial charge in [0, 0.05) is 10.2 Å². The van der Waals surface area contributed by atoms with Crippen LogP contribution in [0.3, 0.4) is 0 Å². The number of hydrogen-bond acceptors (Lipinski definition) is 3. The predicted octanol–water partition coefficient (Wildman–Crippen LogP) is 2.95. The van der Waals surface area contributed by atoms with Crippen molar-refractivity contribution in [1.29, 1.82) is 0 Å². The molecule has 0 spiro atoms. The first-order chi connectivity index (χ1) is 8.90. The summed E-state index contributed by atoms with van der Waals surface area (Å²) in [6, 6.07) is 3.43. The maximum absolute atomic E-state index is 11.8. The van der Waals surface area contributed by atoms with E-state index >= 15 is 0 Å². The molecule has 0 aromatic heterocycles. The molecule has 1 aromatic rings. The van der Waals surface area contributed by atoms with Crippen molar-refractivity contribution < 1.29 is 18.3 Å². The fourth-order valence-corrected chi connectivity index (χ4v) is 1.89. The number of halogens is 3. The first-order valence-electron chi connectivity index (χ1n) is 5.61. The molecule has 1 amide bonds. The number of nitrogens with one attached hydrogen (secondary N) is 1. The SMILES string of the molecule is Cc1cc(Br)c(NC(=O)CCOCC(F)F)cc1N. The minimum atomic E-state index is -2.52. The lowest BCUT2D eigenvalue weighted by atomic mass is 10.2. The number of hydrogen-bond donors (Lipinski definition) is 2. The van der Waals surface area contributed by atoms with Crippen LogP contribution in [0.4, 0.5) is 20.2 Å². The number of ether oxygens (including phenoxy) is 1. The van der Waals surface area contributed by atoms with E-state index in [9.17, 15) is 13.6 Å². The molecular weight excluding hydrogens is 322 g/mol. The van der Waals surface area contributed by atoms with Gasteiger partial charge in [-0.1, -0.05) is 0 Å². The van der Waals surface area contributed by atoms with E-state index in [4.69, 9.17) is 5.73 Å². The van der Waals surface area contributed by atoms with Crippen molar-refractivity contribution in [2.24, 2.45) is 0 Å². The summed E-state index contributed by atoms with van der Waals surface area (Å²) in [5.41, 5.74) is 7.74. The van der Waals surface area contributed by atoms with Crippen molar-refractivity contribution >= 4 is 33.2 Å². The van der Waals surface area contributed by atoms with Gasteiger partial charge in [-0.05, 0) is 40.5 Å². The number of carbonyl (C=O) groups excluding carboxylic acids is 1. The maximum Gasteiger partial charge on any atom is 0.261 e. The van der Waals surface area contributed by atoms with Crippen molar-refractivity contribution in [2.45, 2.75) is 19.8 Å². The highest BCUT2D eigenvalue weighted by atomic mass is 79.9. The molecule has 7 heteroatoms. The van der Waals surface area contributed by atoms with Crippen LogP contribution in [0.2, 0.25) is 0 Å². The average Bonchev–Trinajstić information content (AvgIpc) is 2.31. The first-order valence-corrected chi connectivity index (χ1v) is 6.41. The zero-order valence-corrected chi connectivity index (χ0v) is 12.0. The summed E-state index contributed by atoms with van der Waals surface area (Å²) in [7, 11) is 0. The number of anilines is 2. The molecule has 0 radical (unpaired) electrons. The van der Waals surface area contributed by atoms with E-state index in [2.05, 4.69) is 26.0 Å². The number of aryl methyl sites for hydroxylation is 1. The molecule has 4 nitrogen and oxygen atoms in total. The highest BCUT2D eigenvalue weighted by Gasteiger charge is 2.08. The lowest BCUT2D eigenvalue weighted by Crippen LogP contribution is -2.16. The number of rotatable bonds is 6. The second kappa shape index (κ2) is 7.40. The van der Waals surface area contributed by atoms with E-state index in [1.165, 1.54) is 0 Å². The lowest BCUT2D eigenvalue weighted by Gasteiger charge is -2.10. The Morgan fingerprint density at radius 1 is 1.53 bits per heavy atom. The van der Waals surface area contributed by atoms with Crippen LogP contribution in [0.5, 0.6) is 0 Å². The molecule has 0 aliphatic heterocycles. The van der Waals surface area contributed by atoms with E-state index in [-0.39, 0.29) is 18.9 Å². The van der Waals surface area contributed by atoms with E-state index in [1.54, 1.807) is 12.1 Å². The Kier molecular flexibility index (Phi) is 6.17. The van der Waals surface area contributed by atoms with E-state index in [1.807, 2.05) is 6.92 Å². The molecule has 106 valence electrons. The van der Waals surface area contributed by atoms with Crippen molar-refractivity contribution in [3.63, 3.8) is 0 Å². The lowest BCUT2D eigenvalue weighted by molar-refractivity contribution is -0.117. The average molecular weight is 337 g/mol. The van der Waals surface area contributed by atoms with E-state index in [0.717, 1.165) is 5.56 Å². The molecule has 3 N–H and O–H groups in total. The summed E-state index contributed by atoms with van der Waals surface area (Å²) in [4.78, 5) is 11.6. The Labute approximate surface area is 118 Å². The van der Waals surface area contributed by atoms with Gasteiger partial charge in [0.25, 0.3) is 6.43 Å². The summed E-state index contributed by atoms with van der Waals surface area (Å²) >= 11 is 3.31. The van der Waals surface area contributed by atoms with Gasteiger partial charge in [0.1, 0.15) is 6.61 Å². The summed E-state index contributed by atoms with van der Waals surface area (Å²) in [5.74, 6) is -0.321. The standard InChI is InChI=1S/C12H15BrF2N2O2/c1-7-4-8(13)10(5-9(7)16)17-12(18)2-3-19-6-11(14)15/h4-5,11H,2-3,6,16H2,1H3,(H,17,18). The van der Waals surface area contributed by atoms with Crippen molar-refractivity contribution in [1.82, 2.24) is 0 Å². The Balaban J connectivity index is 2.46. The van der Waals surface area contributed by atoms with E-state index < -0.39 is 13.0 Å². The summed E-state index contributed by atoms with van der Waals surface area (Å²) in [6.07, 6.45) is -2.51. The molecule has 0 aliphatic carbocycles.